The average Bonchev–Trinajstić information content (AvgIpc) is 2.75. The fourth-order valence-electron chi connectivity index (χ4n) is 2.72. The summed E-state index contributed by atoms with van der Waals surface area (Å²) >= 11 is 0. The van der Waals surface area contributed by atoms with Crippen LogP contribution in [0.1, 0.15) is 38.2 Å². The molecule has 1 amide bonds. The minimum atomic E-state index is -4.48. The molecule has 0 aliphatic carbocycles. The first-order valence-electron chi connectivity index (χ1n) is 7.61. The highest BCUT2D eigenvalue weighted by Crippen LogP contribution is 2.34. The lowest BCUT2D eigenvalue weighted by molar-refractivity contribution is -0.137. The molecule has 1 aromatic rings. The molecular weight excluding hydrogens is 293 g/mol. The number of carbonyl (C=O) groups is 1. The van der Waals surface area contributed by atoms with Gasteiger partial charge < -0.3 is 5.32 Å². The monoisotopic (exact) mass is 314 g/mol. The third-order valence-electron chi connectivity index (χ3n) is 4.06. The van der Waals surface area contributed by atoms with Crippen molar-refractivity contribution in [3.63, 3.8) is 0 Å². The molecule has 1 saturated heterocycles. The van der Waals surface area contributed by atoms with E-state index in [9.17, 15) is 18.0 Å². The first-order valence-corrected chi connectivity index (χ1v) is 7.61. The maximum absolute atomic E-state index is 12.9. The molecule has 0 bridgehead atoms. The van der Waals surface area contributed by atoms with Crippen LogP contribution >= 0.6 is 0 Å². The molecule has 1 unspecified atom stereocenters. The van der Waals surface area contributed by atoms with Gasteiger partial charge in [-0.2, -0.15) is 13.2 Å². The molecule has 2 rings (SSSR count). The zero-order chi connectivity index (χ0) is 16.2. The maximum Gasteiger partial charge on any atom is 0.418 e. The summed E-state index contributed by atoms with van der Waals surface area (Å²) in [5.74, 6) is -0.390. The van der Waals surface area contributed by atoms with E-state index in [-0.39, 0.29) is 5.69 Å². The Bertz CT molecular complexity index is 508. The number of benzene rings is 1. The minimum Gasteiger partial charge on any atom is -0.324 e. The molecular formula is C16H21F3N2O. The summed E-state index contributed by atoms with van der Waals surface area (Å²) in [6.45, 7) is 3.38. The molecule has 1 aliphatic heterocycles. The molecule has 0 saturated carbocycles. The second kappa shape index (κ2) is 7.13. The largest absolute Gasteiger partial charge is 0.418 e. The van der Waals surface area contributed by atoms with E-state index < -0.39 is 23.7 Å². The van der Waals surface area contributed by atoms with E-state index in [0.717, 1.165) is 44.8 Å². The summed E-state index contributed by atoms with van der Waals surface area (Å²) in [6, 6.07) is 4.64. The van der Waals surface area contributed by atoms with Crippen molar-refractivity contribution >= 4 is 11.6 Å². The van der Waals surface area contributed by atoms with Crippen LogP contribution in [0.15, 0.2) is 24.3 Å². The molecule has 0 aromatic heterocycles. The third-order valence-corrected chi connectivity index (χ3v) is 4.06. The van der Waals surface area contributed by atoms with Gasteiger partial charge in [-0.15, -0.1) is 0 Å². The Kier molecular flexibility index (Phi) is 5.45. The van der Waals surface area contributed by atoms with Gasteiger partial charge in [-0.3, -0.25) is 9.69 Å². The summed E-state index contributed by atoms with van der Waals surface area (Å²) in [6.07, 6.45) is -0.146. The van der Waals surface area contributed by atoms with Crippen molar-refractivity contribution in [1.82, 2.24) is 4.90 Å². The van der Waals surface area contributed by atoms with Crippen molar-refractivity contribution in [1.29, 1.82) is 0 Å². The SMILES string of the molecule is CC(C(=O)Nc1ccccc1C(F)(F)F)N1CCCCCC1. The van der Waals surface area contributed by atoms with Crippen molar-refractivity contribution in [2.24, 2.45) is 0 Å². The third kappa shape index (κ3) is 4.22. The Hall–Kier alpha value is -1.56. The predicted molar refractivity (Wildman–Crippen MR) is 79.6 cm³/mol. The molecule has 3 nitrogen and oxygen atoms in total. The number of hydrogen-bond acceptors (Lipinski definition) is 2. The van der Waals surface area contributed by atoms with Gasteiger partial charge in [0.05, 0.1) is 17.3 Å². The fourth-order valence-corrected chi connectivity index (χ4v) is 2.72. The number of nitrogens with one attached hydrogen (secondary N) is 1. The van der Waals surface area contributed by atoms with E-state index in [4.69, 9.17) is 0 Å². The summed E-state index contributed by atoms with van der Waals surface area (Å²) in [5, 5.41) is 2.43. The summed E-state index contributed by atoms with van der Waals surface area (Å²) in [4.78, 5) is 14.3. The summed E-state index contributed by atoms with van der Waals surface area (Å²) in [7, 11) is 0. The van der Waals surface area contributed by atoms with Gasteiger partial charge in [0.2, 0.25) is 5.91 Å². The number of halogens is 3. The first kappa shape index (κ1) is 16.8. The van der Waals surface area contributed by atoms with Gasteiger partial charge in [0.15, 0.2) is 0 Å². The van der Waals surface area contributed by atoms with Crippen molar-refractivity contribution in [3.8, 4) is 0 Å². The molecule has 1 fully saturated rings. The number of amides is 1. The number of alkyl halides is 3. The van der Waals surface area contributed by atoms with Crippen LogP contribution in [0.3, 0.4) is 0 Å². The van der Waals surface area contributed by atoms with Crippen molar-refractivity contribution in [3.05, 3.63) is 29.8 Å². The molecule has 22 heavy (non-hydrogen) atoms. The number of likely N-dealkylation sites (tertiary alicyclic amines) is 1. The topological polar surface area (TPSA) is 32.3 Å². The van der Waals surface area contributed by atoms with E-state index >= 15 is 0 Å². The Morgan fingerprint density at radius 3 is 2.32 bits per heavy atom. The van der Waals surface area contributed by atoms with Gasteiger partial charge in [-0.05, 0) is 45.0 Å². The van der Waals surface area contributed by atoms with Crippen molar-refractivity contribution in [2.45, 2.75) is 44.8 Å². The Labute approximate surface area is 128 Å². The second-order valence-corrected chi connectivity index (χ2v) is 5.66. The first-order chi connectivity index (χ1) is 10.4. The normalized spacial score (nSPS) is 18.5. The van der Waals surface area contributed by atoms with E-state index in [1.54, 1.807) is 6.92 Å². The van der Waals surface area contributed by atoms with Gasteiger partial charge in [-0.25, -0.2) is 0 Å². The zero-order valence-corrected chi connectivity index (χ0v) is 12.6. The van der Waals surface area contributed by atoms with Crippen LogP contribution in [-0.4, -0.2) is 29.9 Å². The highest BCUT2D eigenvalue weighted by atomic mass is 19.4. The maximum atomic E-state index is 12.9. The van der Waals surface area contributed by atoms with Crippen LogP contribution < -0.4 is 5.32 Å². The van der Waals surface area contributed by atoms with Gasteiger partial charge in [0, 0.05) is 0 Å². The molecule has 6 heteroatoms. The molecule has 0 spiro atoms. The van der Waals surface area contributed by atoms with Gasteiger partial charge >= 0.3 is 6.18 Å². The van der Waals surface area contributed by atoms with Crippen LogP contribution in [0.4, 0.5) is 18.9 Å². The highest BCUT2D eigenvalue weighted by molar-refractivity contribution is 5.95. The molecule has 122 valence electrons. The van der Waals surface area contributed by atoms with Crippen LogP contribution in [0.5, 0.6) is 0 Å². The highest BCUT2D eigenvalue weighted by Gasteiger charge is 2.34. The number of para-hydroxylation sites is 1. The van der Waals surface area contributed by atoms with Gasteiger partial charge in [0.25, 0.3) is 0 Å². The zero-order valence-electron chi connectivity index (χ0n) is 12.6. The van der Waals surface area contributed by atoms with E-state index in [1.165, 1.54) is 18.2 Å². The number of carbonyl (C=O) groups excluding carboxylic acids is 1. The second-order valence-electron chi connectivity index (χ2n) is 5.66. The van der Waals surface area contributed by atoms with E-state index in [1.807, 2.05) is 4.90 Å². The molecule has 1 aliphatic rings. The fraction of sp³-hybridized carbons (Fsp3) is 0.562. The molecule has 1 aromatic carbocycles. The average molecular weight is 314 g/mol. The van der Waals surface area contributed by atoms with E-state index in [2.05, 4.69) is 5.32 Å². The lowest BCUT2D eigenvalue weighted by Gasteiger charge is -2.27. The Morgan fingerprint density at radius 1 is 1.14 bits per heavy atom. The number of nitrogens with zero attached hydrogens (tertiary/aromatic N) is 1. The van der Waals surface area contributed by atoms with Crippen molar-refractivity contribution in [2.75, 3.05) is 18.4 Å². The lowest BCUT2D eigenvalue weighted by atomic mass is 10.1. The Balaban J connectivity index is 2.08. The molecule has 1 atom stereocenters. The van der Waals surface area contributed by atoms with Gasteiger partial charge in [-0.1, -0.05) is 25.0 Å². The Morgan fingerprint density at radius 2 is 1.73 bits per heavy atom. The summed E-state index contributed by atoms with van der Waals surface area (Å²) < 4.78 is 38.8. The number of hydrogen-bond donors (Lipinski definition) is 1. The predicted octanol–water partition coefficient (Wildman–Crippen LogP) is 3.91. The summed E-state index contributed by atoms with van der Waals surface area (Å²) in [5.41, 5.74) is -0.993. The molecule has 1 N–H and O–H groups in total. The smallest absolute Gasteiger partial charge is 0.324 e. The number of rotatable bonds is 3. The minimum absolute atomic E-state index is 0.179. The standard InChI is InChI=1S/C16H21F3N2O/c1-12(21-10-6-2-3-7-11-21)15(22)20-14-9-5-4-8-13(14)16(17,18)19/h4-5,8-9,12H,2-3,6-7,10-11H2,1H3,(H,20,22). The van der Waals surface area contributed by atoms with Crippen LogP contribution in [0.25, 0.3) is 0 Å². The molecule has 1 heterocycles. The van der Waals surface area contributed by atoms with Crippen LogP contribution in [0.2, 0.25) is 0 Å². The van der Waals surface area contributed by atoms with Crippen molar-refractivity contribution < 1.29 is 18.0 Å². The molecule has 0 radical (unpaired) electrons. The van der Waals surface area contributed by atoms with Crippen LogP contribution in [0, 0.1) is 0 Å². The lowest BCUT2D eigenvalue weighted by Crippen LogP contribution is -2.42. The quantitative estimate of drug-likeness (QED) is 0.917. The van der Waals surface area contributed by atoms with Gasteiger partial charge in [0.1, 0.15) is 0 Å². The van der Waals surface area contributed by atoms with Crippen LogP contribution in [-0.2, 0) is 11.0 Å². The number of anilines is 1. The van der Waals surface area contributed by atoms with E-state index in [0.29, 0.717) is 0 Å².